The normalized spacial score (nSPS) is 13.6. The van der Waals surface area contributed by atoms with E-state index in [9.17, 15) is 9.59 Å². The second-order valence-corrected chi connectivity index (χ2v) is 4.66. The maximum absolute atomic E-state index is 12.2. The Balaban J connectivity index is 2.64. The summed E-state index contributed by atoms with van der Waals surface area (Å²) < 4.78 is 0. The lowest BCUT2D eigenvalue weighted by molar-refractivity contribution is -0.141. The summed E-state index contributed by atoms with van der Waals surface area (Å²) in [5.74, 6) is -0.804. The SMILES string of the molecule is CCC(NC(=O)N(CC)CC(C)C(=O)O)c1ncc[nH]1. The molecule has 1 aromatic heterocycles. The molecule has 0 aromatic carbocycles. The van der Waals surface area contributed by atoms with Gasteiger partial charge in [0.1, 0.15) is 5.82 Å². The zero-order valence-electron chi connectivity index (χ0n) is 12.1. The Labute approximate surface area is 118 Å². The first-order chi connectivity index (χ1) is 9.49. The predicted molar refractivity (Wildman–Crippen MR) is 74.2 cm³/mol. The van der Waals surface area contributed by atoms with Gasteiger partial charge in [-0.15, -0.1) is 0 Å². The summed E-state index contributed by atoms with van der Waals surface area (Å²) in [7, 11) is 0. The highest BCUT2D eigenvalue weighted by Gasteiger charge is 2.22. The van der Waals surface area contributed by atoms with Crippen LogP contribution in [0.2, 0.25) is 0 Å². The van der Waals surface area contributed by atoms with Crippen LogP contribution < -0.4 is 5.32 Å². The molecular formula is C13H22N4O3. The number of hydrogen-bond acceptors (Lipinski definition) is 3. The van der Waals surface area contributed by atoms with Crippen molar-refractivity contribution in [3.05, 3.63) is 18.2 Å². The minimum absolute atomic E-state index is 0.187. The number of amides is 2. The molecule has 0 radical (unpaired) electrons. The van der Waals surface area contributed by atoms with Crippen LogP contribution in [-0.2, 0) is 4.79 Å². The second-order valence-electron chi connectivity index (χ2n) is 4.66. The molecule has 2 amide bonds. The Hall–Kier alpha value is -2.05. The van der Waals surface area contributed by atoms with E-state index >= 15 is 0 Å². The number of urea groups is 1. The van der Waals surface area contributed by atoms with Crippen LogP contribution in [0.1, 0.15) is 39.1 Å². The maximum Gasteiger partial charge on any atom is 0.317 e. The molecule has 1 aromatic rings. The van der Waals surface area contributed by atoms with E-state index < -0.39 is 11.9 Å². The monoisotopic (exact) mass is 282 g/mol. The molecule has 0 saturated carbocycles. The topological polar surface area (TPSA) is 98.3 Å². The Morgan fingerprint density at radius 2 is 2.20 bits per heavy atom. The Bertz CT molecular complexity index is 433. The van der Waals surface area contributed by atoms with E-state index in [1.807, 2.05) is 13.8 Å². The molecule has 1 heterocycles. The van der Waals surface area contributed by atoms with E-state index in [2.05, 4.69) is 15.3 Å². The van der Waals surface area contributed by atoms with Gasteiger partial charge >= 0.3 is 12.0 Å². The number of aromatic amines is 1. The number of rotatable bonds is 7. The van der Waals surface area contributed by atoms with Gasteiger partial charge in [-0.2, -0.15) is 0 Å². The molecule has 2 atom stereocenters. The fourth-order valence-corrected chi connectivity index (χ4v) is 1.84. The van der Waals surface area contributed by atoms with Crippen LogP contribution in [0.4, 0.5) is 4.79 Å². The van der Waals surface area contributed by atoms with Crippen LogP contribution in [-0.4, -0.2) is 45.1 Å². The van der Waals surface area contributed by atoms with Crippen molar-refractivity contribution in [2.45, 2.75) is 33.2 Å². The predicted octanol–water partition coefficient (Wildman–Crippen LogP) is 1.61. The van der Waals surface area contributed by atoms with Crippen LogP contribution in [0, 0.1) is 5.92 Å². The zero-order chi connectivity index (χ0) is 15.1. The summed E-state index contributed by atoms with van der Waals surface area (Å²) in [5, 5.41) is 11.8. The molecule has 0 saturated heterocycles. The van der Waals surface area contributed by atoms with Gasteiger partial charge in [-0.3, -0.25) is 4.79 Å². The van der Waals surface area contributed by atoms with Crippen molar-refractivity contribution in [1.29, 1.82) is 0 Å². The van der Waals surface area contributed by atoms with E-state index in [0.717, 1.165) is 0 Å². The molecule has 0 bridgehead atoms. The van der Waals surface area contributed by atoms with Gasteiger partial charge < -0.3 is 20.3 Å². The number of carboxylic acid groups (broad SMARTS) is 1. The fourth-order valence-electron chi connectivity index (χ4n) is 1.84. The molecule has 0 spiro atoms. The molecule has 112 valence electrons. The molecule has 0 aliphatic heterocycles. The van der Waals surface area contributed by atoms with E-state index in [-0.39, 0.29) is 18.6 Å². The summed E-state index contributed by atoms with van der Waals surface area (Å²) in [5.41, 5.74) is 0. The average Bonchev–Trinajstić information content (AvgIpc) is 2.95. The van der Waals surface area contributed by atoms with E-state index in [1.165, 1.54) is 4.90 Å². The number of imidazole rings is 1. The third kappa shape index (κ3) is 4.25. The van der Waals surface area contributed by atoms with Gasteiger partial charge in [0.15, 0.2) is 0 Å². The highest BCUT2D eigenvalue weighted by atomic mass is 16.4. The third-order valence-electron chi connectivity index (χ3n) is 3.14. The van der Waals surface area contributed by atoms with E-state index in [1.54, 1.807) is 19.3 Å². The van der Waals surface area contributed by atoms with Crippen molar-refractivity contribution < 1.29 is 14.7 Å². The highest BCUT2D eigenvalue weighted by molar-refractivity contribution is 5.76. The molecule has 0 fully saturated rings. The molecule has 0 aliphatic rings. The molecule has 7 heteroatoms. The Morgan fingerprint density at radius 3 is 2.65 bits per heavy atom. The standard InChI is InChI=1S/C13H22N4O3/c1-4-10(11-14-6-7-15-11)16-13(20)17(5-2)8-9(3)12(18)19/h6-7,9-10H,4-5,8H2,1-3H3,(H,14,15)(H,16,20)(H,18,19). The summed E-state index contributed by atoms with van der Waals surface area (Å²) in [4.78, 5) is 31.6. The quantitative estimate of drug-likeness (QED) is 0.707. The molecular weight excluding hydrogens is 260 g/mol. The highest BCUT2D eigenvalue weighted by Crippen LogP contribution is 2.12. The molecule has 20 heavy (non-hydrogen) atoms. The van der Waals surface area contributed by atoms with Crippen molar-refractivity contribution in [1.82, 2.24) is 20.2 Å². The Kier molecular flexibility index (Phi) is 6.02. The summed E-state index contributed by atoms with van der Waals surface area (Å²) in [6.07, 6.45) is 4.04. The van der Waals surface area contributed by atoms with Crippen molar-refractivity contribution in [2.75, 3.05) is 13.1 Å². The van der Waals surface area contributed by atoms with E-state index in [4.69, 9.17) is 5.11 Å². The van der Waals surface area contributed by atoms with Gasteiger partial charge in [-0.05, 0) is 13.3 Å². The van der Waals surface area contributed by atoms with Crippen molar-refractivity contribution in [3.8, 4) is 0 Å². The first kappa shape index (κ1) is 16.0. The summed E-state index contributed by atoms with van der Waals surface area (Å²) in [6.45, 7) is 6.00. The van der Waals surface area contributed by atoms with Crippen LogP contribution in [0.15, 0.2) is 12.4 Å². The molecule has 1 rings (SSSR count). The number of hydrogen-bond donors (Lipinski definition) is 3. The van der Waals surface area contributed by atoms with Gasteiger partial charge in [0.2, 0.25) is 0 Å². The number of aromatic nitrogens is 2. The molecule has 7 nitrogen and oxygen atoms in total. The van der Waals surface area contributed by atoms with Gasteiger partial charge in [0.05, 0.1) is 12.0 Å². The lowest BCUT2D eigenvalue weighted by atomic mass is 10.1. The van der Waals surface area contributed by atoms with Gasteiger partial charge in [-0.25, -0.2) is 9.78 Å². The molecule has 3 N–H and O–H groups in total. The van der Waals surface area contributed by atoms with Crippen molar-refractivity contribution >= 4 is 12.0 Å². The third-order valence-corrected chi connectivity index (χ3v) is 3.14. The molecule has 0 aliphatic carbocycles. The lowest BCUT2D eigenvalue weighted by Gasteiger charge is -2.25. The minimum atomic E-state index is -0.908. The number of aliphatic carboxylic acids is 1. The molecule has 2 unspecified atom stereocenters. The zero-order valence-corrected chi connectivity index (χ0v) is 12.1. The lowest BCUT2D eigenvalue weighted by Crippen LogP contribution is -2.44. The number of nitrogens with one attached hydrogen (secondary N) is 2. The van der Waals surface area contributed by atoms with Crippen LogP contribution in [0.25, 0.3) is 0 Å². The van der Waals surface area contributed by atoms with Gasteiger partial charge in [0, 0.05) is 25.5 Å². The van der Waals surface area contributed by atoms with Crippen molar-refractivity contribution in [2.24, 2.45) is 5.92 Å². The van der Waals surface area contributed by atoms with Gasteiger partial charge in [-0.1, -0.05) is 13.8 Å². The average molecular weight is 282 g/mol. The Morgan fingerprint density at radius 1 is 1.50 bits per heavy atom. The first-order valence-electron chi connectivity index (χ1n) is 6.77. The van der Waals surface area contributed by atoms with E-state index in [0.29, 0.717) is 18.8 Å². The number of nitrogens with zero attached hydrogens (tertiary/aromatic N) is 2. The number of carbonyl (C=O) groups is 2. The summed E-state index contributed by atoms with van der Waals surface area (Å²) in [6, 6.07) is -0.476. The number of carboxylic acids is 1. The number of H-pyrrole nitrogens is 1. The number of carbonyl (C=O) groups excluding carboxylic acids is 1. The minimum Gasteiger partial charge on any atom is -0.481 e. The first-order valence-corrected chi connectivity index (χ1v) is 6.77. The second kappa shape index (κ2) is 7.52. The van der Waals surface area contributed by atoms with Crippen LogP contribution in [0.5, 0.6) is 0 Å². The van der Waals surface area contributed by atoms with Gasteiger partial charge in [0.25, 0.3) is 0 Å². The van der Waals surface area contributed by atoms with Crippen LogP contribution >= 0.6 is 0 Å². The fraction of sp³-hybridized carbons (Fsp3) is 0.615. The van der Waals surface area contributed by atoms with Crippen LogP contribution in [0.3, 0.4) is 0 Å². The summed E-state index contributed by atoms with van der Waals surface area (Å²) >= 11 is 0. The smallest absolute Gasteiger partial charge is 0.317 e. The van der Waals surface area contributed by atoms with Crippen molar-refractivity contribution in [3.63, 3.8) is 0 Å². The maximum atomic E-state index is 12.2. The largest absolute Gasteiger partial charge is 0.481 e.